The van der Waals surface area contributed by atoms with Gasteiger partial charge in [-0.2, -0.15) is 0 Å². The third kappa shape index (κ3) is 1.99. The van der Waals surface area contributed by atoms with E-state index in [1.54, 1.807) is 0 Å². The Balaban J connectivity index is 2.01. The summed E-state index contributed by atoms with van der Waals surface area (Å²) in [7, 11) is 2.17. The number of aryl methyl sites for hydroxylation is 2. The van der Waals surface area contributed by atoms with E-state index in [9.17, 15) is 0 Å². The Kier molecular flexibility index (Phi) is 2.78. The molecular weight excluding hydrogens is 220 g/mol. The van der Waals surface area contributed by atoms with Gasteiger partial charge in [-0.15, -0.1) is 0 Å². The lowest BCUT2D eigenvalue weighted by molar-refractivity contribution is 0.745. The van der Waals surface area contributed by atoms with E-state index in [0.29, 0.717) is 0 Å². The lowest BCUT2D eigenvalue weighted by Gasteiger charge is -2.27. The zero-order valence-corrected chi connectivity index (χ0v) is 11.0. The number of aromatic nitrogens is 1. The first-order chi connectivity index (χ1) is 8.74. The number of hydrogen-bond acceptors (Lipinski definition) is 2. The third-order valence-corrected chi connectivity index (χ3v) is 3.68. The zero-order valence-electron chi connectivity index (χ0n) is 11.0. The Morgan fingerprint density at radius 1 is 1.11 bits per heavy atom. The van der Waals surface area contributed by atoms with Crippen molar-refractivity contribution < 1.29 is 0 Å². The standard InChI is InChI=1S/C16H18N2/c1-12-5-6-15(11-17-12)13-7-8-16-14(10-13)4-3-9-18(16)2/h5-8,10-11H,3-4,9H2,1-2H3. The normalized spacial score (nSPS) is 14.4. The van der Waals surface area contributed by atoms with Crippen LogP contribution in [0.1, 0.15) is 17.7 Å². The van der Waals surface area contributed by atoms with E-state index in [1.165, 1.54) is 41.8 Å². The molecule has 0 atom stereocenters. The summed E-state index contributed by atoms with van der Waals surface area (Å²) in [5.74, 6) is 0. The second kappa shape index (κ2) is 4.45. The Labute approximate surface area is 108 Å². The third-order valence-electron chi connectivity index (χ3n) is 3.68. The van der Waals surface area contributed by atoms with Gasteiger partial charge in [0.25, 0.3) is 0 Å². The molecule has 2 nitrogen and oxygen atoms in total. The fourth-order valence-electron chi connectivity index (χ4n) is 2.60. The van der Waals surface area contributed by atoms with Crippen molar-refractivity contribution in [3.8, 4) is 11.1 Å². The van der Waals surface area contributed by atoms with Crippen LogP contribution in [0.5, 0.6) is 0 Å². The molecule has 1 aliphatic heterocycles. The first kappa shape index (κ1) is 11.3. The molecule has 2 aromatic rings. The minimum absolute atomic E-state index is 1.07. The van der Waals surface area contributed by atoms with Gasteiger partial charge in [0, 0.05) is 36.7 Å². The topological polar surface area (TPSA) is 16.1 Å². The maximum Gasteiger partial charge on any atom is 0.0396 e. The van der Waals surface area contributed by atoms with Gasteiger partial charge in [0.2, 0.25) is 0 Å². The van der Waals surface area contributed by atoms with Crippen molar-refractivity contribution in [1.29, 1.82) is 0 Å². The highest BCUT2D eigenvalue weighted by atomic mass is 15.1. The van der Waals surface area contributed by atoms with Gasteiger partial charge in [-0.1, -0.05) is 12.1 Å². The lowest BCUT2D eigenvalue weighted by Crippen LogP contribution is -2.24. The van der Waals surface area contributed by atoms with Gasteiger partial charge in [0.1, 0.15) is 0 Å². The maximum atomic E-state index is 4.37. The summed E-state index contributed by atoms with van der Waals surface area (Å²) >= 11 is 0. The van der Waals surface area contributed by atoms with Crippen molar-refractivity contribution in [1.82, 2.24) is 4.98 Å². The molecule has 1 aliphatic rings. The number of rotatable bonds is 1. The molecule has 0 amide bonds. The quantitative estimate of drug-likeness (QED) is 0.756. The molecule has 1 aromatic carbocycles. The molecule has 0 N–H and O–H groups in total. The summed E-state index contributed by atoms with van der Waals surface area (Å²) in [6.07, 6.45) is 4.40. The van der Waals surface area contributed by atoms with Crippen molar-refractivity contribution in [2.75, 3.05) is 18.5 Å². The molecule has 3 rings (SSSR count). The summed E-state index contributed by atoms with van der Waals surface area (Å²) in [5.41, 5.74) is 6.39. The van der Waals surface area contributed by atoms with Crippen molar-refractivity contribution in [2.45, 2.75) is 19.8 Å². The second-order valence-corrected chi connectivity index (χ2v) is 5.06. The fraction of sp³-hybridized carbons (Fsp3) is 0.312. The van der Waals surface area contributed by atoms with Crippen molar-refractivity contribution in [3.63, 3.8) is 0 Å². The summed E-state index contributed by atoms with van der Waals surface area (Å²) < 4.78 is 0. The SMILES string of the molecule is Cc1ccc(-c2ccc3c(c2)CCCN3C)cn1. The predicted octanol–water partition coefficient (Wildman–Crippen LogP) is 3.44. The van der Waals surface area contributed by atoms with Gasteiger partial charge >= 0.3 is 0 Å². The highest BCUT2D eigenvalue weighted by Gasteiger charge is 2.13. The van der Waals surface area contributed by atoms with Crippen LogP contribution in [0.4, 0.5) is 5.69 Å². The molecule has 0 saturated heterocycles. The predicted molar refractivity (Wildman–Crippen MR) is 76.0 cm³/mol. The van der Waals surface area contributed by atoms with Gasteiger partial charge in [0.05, 0.1) is 0 Å². The van der Waals surface area contributed by atoms with E-state index >= 15 is 0 Å². The average molecular weight is 238 g/mol. The molecule has 2 heterocycles. The molecule has 92 valence electrons. The Hall–Kier alpha value is -1.83. The van der Waals surface area contributed by atoms with E-state index in [1.807, 2.05) is 13.1 Å². The molecule has 2 heteroatoms. The van der Waals surface area contributed by atoms with Crippen LogP contribution < -0.4 is 4.90 Å². The number of fused-ring (bicyclic) bond motifs is 1. The highest BCUT2D eigenvalue weighted by molar-refractivity contribution is 5.69. The molecular formula is C16H18N2. The van der Waals surface area contributed by atoms with Crippen LogP contribution in [-0.4, -0.2) is 18.6 Å². The van der Waals surface area contributed by atoms with Crippen molar-refractivity contribution >= 4 is 5.69 Å². The van der Waals surface area contributed by atoms with Gasteiger partial charge in [-0.05, 0) is 49.1 Å². The van der Waals surface area contributed by atoms with Crippen LogP contribution in [0.15, 0.2) is 36.5 Å². The van der Waals surface area contributed by atoms with Crippen molar-refractivity contribution in [2.24, 2.45) is 0 Å². The van der Waals surface area contributed by atoms with E-state index < -0.39 is 0 Å². The molecule has 0 radical (unpaired) electrons. The van der Waals surface area contributed by atoms with Gasteiger partial charge in [0.15, 0.2) is 0 Å². The molecule has 0 bridgehead atoms. The van der Waals surface area contributed by atoms with Gasteiger partial charge in [-0.25, -0.2) is 0 Å². The molecule has 0 saturated carbocycles. The van der Waals surface area contributed by atoms with Crippen molar-refractivity contribution in [3.05, 3.63) is 47.8 Å². The Bertz CT molecular complexity index is 558. The summed E-state index contributed by atoms with van der Waals surface area (Å²) in [4.78, 5) is 6.72. The van der Waals surface area contributed by atoms with Crippen LogP contribution in [0.2, 0.25) is 0 Å². The lowest BCUT2D eigenvalue weighted by atomic mass is 9.97. The first-order valence-corrected chi connectivity index (χ1v) is 6.51. The van der Waals surface area contributed by atoms with Crippen LogP contribution in [-0.2, 0) is 6.42 Å². The smallest absolute Gasteiger partial charge is 0.0396 e. The molecule has 0 unspecified atom stereocenters. The monoisotopic (exact) mass is 238 g/mol. The van der Waals surface area contributed by atoms with E-state index in [4.69, 9.17) is 0 Å². The minimum atomic E-state index is 1.07. The molecule has 0 aliphatic carbocycles. The molecule has 18 heavy (non-hydrogen) atoms. The van der Waals surface area contributed by atoms with E-state index in [0.717, 1.165) is 5.69 Å². The maximum absolute atomic E-state index is 4.37. The largest absolute Gasteiger partial charge is 0.374 e. The molecule has 1 aromatic heterocycles. The summed E-state index contributed by atoms with van der Waals surface area (Å²) in [6.45, 7) is 3.18. The second-order valence-electron chi connectivity index (χ2n) is 5.06. The van der Waals surface area contributed by atoms with Crippen LogP contribution in [0.25, 0.3) is 11.1 Å². The zero-order chi connectivity index (χ0) is 12.5. The van der Waals surface area contributed by atoms with Crippen LogP contribution in [0.3, 0.4) is 0 Å². The number of benzene rings is 1. The highest BCUT2D eigenvalue weighted by Crippen LogP contribution is 2.30. The number of pyridine rings is 1. The number of nitrogens with zero attached hydrogens (tertiary/aromatic N) is 2. The molecule has 0 spiro atoms. The Morgan fingerprint density at radius 3 is 2.72 bits per heavy atom. The fourth-order valence-corrected chi connectivity index (χ4v) is 2.60. The van der Waals surface area contributed by atoms with Gasteiger partial charge in [-0.3, -0.25) is 4.98 Å². The molecule has 0 fully saturated rings. The first-order valence-electron chi connectivity index (χ1n) is 6.51. The minimum Gasteiger partial charge on any atom is -0.374 e. The van der Waals surface area contributed by atoms with Gasteiger partial charge < -0.3 is 4.90 Å². The van der Waals surface area contributed by atoms with E-state index in [-0.39, 0.29) is 0 Å². The van der Waals surface area contributed by atoms with Crippen LogP contribution in [0, 0.1) is 6.92 Å². The van der Waals surface area contributed by atoms with E-state index in [2.05, 4.69) is 47.3 Å². The Morgan fingerprint density at radius 2 is 1.94 bits per heavy atom. The summed E-state index contributed by atoms with van der Waals surface area (Å²) in [6, 6.07) is 11.0. The average Bonchev–Trinajstić information content (AvgIpc) is 2.39. The summed E-state index contributed by atoms with van der Waals surface area (Å²) in [5, 5.41) is 0. The number of hydrogen-bond donors (Lipinski definition) is 0. The van der Waals surface area contributed by atoms with Crippen LogP contribution >= 0.6 is 0 Å². The number of anilines is 1.